The Balaban J connectivity index is 0. The summed E-state index contributed by atoms with van der Waals surface area (Å²) in [7, 11) is 0. The van der Waals surface area contributed by atoms with Crippen molar-refractivity contribution < 1.29 is 14.8 Å². The topological polar surface area (TPSA) is 132 Å². The standard InChI is InChI=1S/C6H6N2O2.C2H5NO2.ClH/c7-5-1-3-6(4-2-5)8(9)10;3-1-2(4)5;/h1-4H,7H2;1,3H2,(H,4,5);1H. The Morgan fingerprint density at radius 3 is 2.00 bits per heavy atom. The summed E-state index contributed by atoms with van der Waals surface area (Å²) in [5.74, 6) is -0.968. The zero-order valence-corrected chi connectivity index (χ0v) is 9.02. The number of anilines is 1. The maximum absolute atomic E-state index is 10.1. The quantitative estimate of drug-likeness (QED) is 0.400. The van der Waals surface area contributed by atoms with Crippen LogP contribution in [0, 0.1) is 10.1 Å². The van der Waals surface area contributed by atoms with Gasteiger partial charge in [0.15, 0.2) is 0 Å². The van der Waals surface area contributed by atoms with Gasteiger partial charge < -0.3 is 16.6 Å². The van der Waals surface area contributed by atoms with Crippen LogP contribution >= 0.6 is 12.4 Å². The third kappa shape index (κ3) is 7.54. The number of nitrogen functional groups attached to an aromatic ring is 1. The number of nitrogens with zero attached hydrogens (tertiary/aromatic N) is 1. The van der Waals surface area contributed by atoms with E-state index in [2.05, 4.69) is 5.73 Å². The first-order valence-electron chi connectivity index (χ1n) is 3.89. The minimum absolute atomic E-state index is 0. The first-order chi connectivity index (χ1) is 6.97. The summed E-state index contributed by atoms with van der Waals surface area (Å²) in [6, 6.07) is 5.74. The number of nitro groups is 1. The molecule has 0 bridgehead atoms. The predicted octanol–water partition coefficient (Wildman–Crippen LogP) is 0.629. The molecule has 0 aliphatic rings. The highest BCUT2D eigenvalue weighted by molar-refractivity contribution is 5.85. The van der Waals surface area contributed by atoms with Crippen LogP contribution < -0.4 is 11.5 Å². The molecule has 0 atom stereocenters. The van der Waals surface area contributed by atoms with Gasteiger partial charge in [0.25, 0.3) is 5.69 Å². The summed E-state index contributed by atoms with van der Waals surface area (Å²) in [4.78, 5) is 18.9. The normalized spacial score (nSPS) is 8.06. The first kappa shape index (κ1) is 16.6. The largest absolute Gasteiger partial charge is 0.480 e. The molecule has 1 rings (SSSR count). The van der Waals surface area contributed by atoms with Crippen LogP contribution in [0.15, 0.2) is 24.3 Å². The Hall–Kier alpha value is -1.86. The van der Waals surface area contributed by atoms with Gasteiger partial charge >= 0.3 is 5.97 Å². The molecule has 0 aromatic heterocycles. The maximum Gasteiger partial charge on any atom is 0.317 e. The molecule has 0 fully saturated rings. The highest BCUT2D eigenvalue weighted by Crippen LogP contribution is 2.11. The Kier molecular flexibility index (Phi) is 8.75. The van der Waals surface area contributed by atoms with Gasteiger partial charge in [0, 0.05) is 17.8 Å². The number of aliphatic carboxylic acids is 1. The lowest BCUT2D eigenvalue weighted by Gasteiger charge is -1.90. The van der Waals surface area contributed by atoms with Crippen LogP contribution in [-0.2, 0) is 4.79 Å². The van der Waals surface area contributed by atoms with Crippen molar-refractivity contribution in [2.24, 2.45) is 5.73 Å². The van der Waals surface area contributed by atoms with Crippen LogP contribution in [0.5, 0.6) is 0 Å². The van der Waals surface area contributed by atoms with Gasteiger partial charge in [-0.15, -0.1) is 12.4 Å². The molecular weight excluding hydrogens is 238 g/mol. The number of rotatable bonds is 2. The van der Waals surface area contributed by atoms with Crippen LogP contribution in [0.2, 0.25) is 0 Å². The average Bonchev–Trinajstić information content (AvgIpc) is 2.19. The van der Waals surface area contributed by atoms with Crippen molar-refractivity contribution in [3.05, 3.63) is 34.4 Å². The summed E-state index contributed by atoms with van der Waals surface area (Å²) < 4.78 is 0. The van der Waals surface area contributed by atoms with Crippen molar-refractivity contribution in [1.29, 1.82) is 0 Å². The van der Waals surface area contributed by atoms with Crippen LogP contribution in [0.4, 0.5) is 11.4 Å². The number of carbonyl (C=O) groups is 1. The summed E-state index contributed by atoms with van der Waals surface area (Å²) in [6.07, 6.45) is 0. The fourth-order valence-corrected chi connectivity index (χ4v) is 0.596. The van der Waals surface area contributed by atoms with Crippen LogP contribution in [-0.4, -0.2) is 22.5 Å². The molecule has 0 aliphatic heterocycles. The van der Waals surface area contributed by atoms with Gasteiger partial charge in [0.1, 0.15) is 0 Å². The number of hydrogen-bond acceptors (Lipinski definition) is 5. The number of hydrogen-bond donors (Lipinski definition) is 3. The number of carboxylic acids is 1. The van der Waals surface area contributed by atoms with Gasteiger partial charge in [-0.2, -0.15) is 0 Å². The molecule has 1 aromatic rings. The Morgan fingerprint density at radius 2 is 1.75 bits per heavy atom. The van der Waals surface area contributed by atoms with E-state index in [1.807, 2.05) is 0 Å². The summed E-state index contributed by atoms with van der Waals surface area (Å²) >= 11 is 0. The van der Waals surface area contributed by atoms with E-state index < -0.39 is 10.9 Å². The van der Waals surface area contributed by atoms with Crippen LogP contribution in [0.25, 0.3) is 0 Å². The van der Waals surface area contributed by atoms with Crippen molar-refractivity contribution in [2.45, 2.75) is 0 Å². The molecule has 0 amide bonds. The highest BCUT2D eigenvalue weighted by Gasteiger charge is 2.00. The summed E-state index contributed by atoms with van der Waals surface area (Å²) in [5, 5.41) is 17.7. The van der Waals surface area contributed by atoms with E-state index in [1.165, 1.54) is 24.3 Å². The van der Waals surface area contributed by atoms with Gasteiger partial charge in [0.05, 0.1) is 11.5 Å². The number of halogens is 1. The lowest BCUT2D eigenvalue weighted by Crippen LogP contribution is -2.10. The van der Waals surface area contributed by atoms with Crippen LogP contribution in [0.1, 0.15) is 0 Å². The zero-order chi connectivity index (χ0) is 11.8. The van der Waals surface area contributed by atoms with E-state index in [-0.39, 0.29) is 24.6 Å². The SMILES string of the molecule is Cl.NCC(=O)O.Nc1ccc([N+](=O)[O-])cc1. The molecule has 90 valence electrons. The van der Waals surface area contributed by atoms with Gasteiger partial charge in [-0.05, 0) is 12.1 Å². The van der Waals surface area contributed by atoms with E-state index in [1.54, 1.807) is 0 Å². The van der Waals surface area contributed by atoms with Crippen LogP contribution in [0.3, 0.4) is 0 Å². The second-order valence-corrected chi connectivity index (χ2v) is 2.45. The highest BCUT2D eigenvalue weighted by atomic mass is 35.5. The molecule has 0 aliphatic carbocycles. The van der Waals surface area contributed by atoms with Gasteiger partial charge in [-0.25, -0.2) is 0 Å². The van der Waals surface area contributed by atoms with E-state index in [9.17, 15) is 14.9 Å². The van der Waals surface area contributed by atoms with Gasteiger partial charge in [-0.3, -0.25) is 14.9 Å². The molecule has 1 aromatic carbocycles. The smallest absolute Gasteiger partial charge is 0.317 e. The lowest BCUT2D eigenvalue weighted by atomic mass is 10.3. The fourth-order valence-electron chi connectivity index (χ4n) is 0.596. The van der Waals surface area contributed by atoms with E-state index in [0.717, 1.165) is 0 Å². The second kappa shape index (κ2) is 8.45. The van der Waals surface area contributed by atoms with Crippen molar-refractivity contribution in [2.75, 3.05) is 12.3 Å². The maximum atomic E-state index is 10.1. The molecule has 7 nitrogen and oxygen atoms in total. The fraction of sp³-hybridized carbons (Fsp3) is 0.125. The lowest BCUT2D eigenvalue weighted by molar-refractivity contribution is -0.384. The molecule has 0 saturated carbocycles. The van der Waals surface area contributed by atoms with E-state index in [4.69, 9.17) is 10.8 Å². The third-order valence-corrected chi connectivity index (χ3v) is 1.28. The predicted molar refractivity (Wildman–Crippen MR) is 61.4 cm³/mol. The number of carboxylic acid groups (broad SMARTS) is 1. The molecule has 0 radical (unpaired) electrons. The number of nitro benzene ring substituents is 1. The van der Waals surface area contributed by atoms with E-state index >= 15 is 0 Å². The van der Waals surface area contributed by atoms with E-state index in [0.29, 0.717) is 5.69 Å². The molecule has 5 N–H and O–H groups in total. The molecule has 0 unspecified atom stereocenters. The Labute approximate surface area is 97.6 Å². The Bertz CT molecular complexity index is 342. The summed E-state index contributed by atoms with van der Waals surface area (Å²) in [6.45, 7) is -0.278. The van der Waals surface area contributed by atoms with Crippen molar-refractivity contribution in [3.8, 4) is 0 Å². The zero-order valence-electron chi connectivity index (χ0n) is 8.20. The second-order valence-electron chi connectivity index (χ2n) is 2.45. The van der Waals surface area contributed by atoms with Crippen molar-refractivity contribution in [1.82, 2.24) is 0 Å². The van der Waals surface area contributed by atoms with Gasteiger partial charge in [-0.1, -0.05) is 0 Å². The molecule has 16 heavy (non-hydrogen) atoms. The van der Waals surface area contributed by atoms with Crippen molar-refractivity contribution >= 4 is 29.8 Å². The molecular formula is C8H12ClN3O4. The third-order valence-electron chi connectivity index (χ3n) is 1.28. The molecule has 8 heteroatoms. The molecule has 0 heterocycles. The minimum atomic E-state index is -0.968. The molecule has 0 saturated heterocycles. The Morgan fingerprint density at radius 1 is 1.38 bits per heavy atom. The number of non-ortho nitro benzene ring substituents is 1. The number of nitrogens with two attached hydrogens (primary N) is 2. The average molecular weight is 250 g/mol. The first-order valence-corrected chi connectivity index (χ1v) is 3.89. The van der Waals surface area contributed by atoms with Gasteiger partial charge in [0.2, 0.25) is 0 Å². The summed E-state index contributed by atoms with van der Waals surface area (Å²) in [5.41, 5.74) is 10.5. The van der Waals surface area contributed by atoms with Crippen molar-refractivity contribution in [3.63, 3.8) is 0 Å². The molecule has 0 spiro atoms. The monoisotopic (exact) mass is 249 g/mol. The minimum Gasteiger partial charge on any atom is -0.480 e. The number of benzene rings is 1.